The summed E-state index contributed by atoms with van der Waals surface area (Å²) in [5, 5.41) is 15.9. The Morgan fingerprint density at radius 1 is 1.15 bits per heavy atom. The molecular formula is C20H16Br2N2O3. The van der Waals surface area contributed by atoms with Crippen molar-refractivity contribution in [3.05, 3.63) is 69.1 Å². The quantitative estimate of drug-likeness (QED) is 0.390. The van der Waals surface area contributed by atoms with Crippen molar-refractivity contribution < 1.29 is 14.6 Å². The molecule has 0 saturated heterocycles. The van der Waals surface area contributed by atoms with Crippen molar-refractivity contribution in [2.24, 2.45) is 5.10 Å². The van der Waals surface area contributed by atoms with Gasteiger partial charge in [0.05, 0.1) is 10.2 Å². The number of phenols is 1. The summed E-state index contributed by atoms with van der Waals surface area (Å²) in [5.74, 6) is 0.282. The Hall–Kier alpha value is -2.38. The first-order chi connectivity index (χ1) is 13.0. The van der Waals surface area contributed by atoms with Gasteiger partial charge in [-0.05, 0) is 64.0 Å². The van der Waals surface area contributed by atoms with Crippen molar-refractivity contribution in [1.82, 2.24) is 5.43 Å². The van der Waals surface area contributed by atoms with E-state index < -0.39 is 5.91 Å². The summed E-state index contributed by atoms with van der Waals surface area (Å²) in [7, 11) is 0. The largest absolute Gasteiger partial charge is 0.507 e. The van der Waals surface area contributed by atoms with Crippen molar-refractivity contribution in [3.63, 3.8) is 0 Å². The molecule has 0 bridgehead atoms. The SMILES string of the molecule is CC(=NNC(=O)COc1ccc2cc(Br)ccc2c1Br)c1ccccc1O. The van der Waals surface area contributed by atoms with Gasteiger partial charge in [0.1, 0.15) is 11.5 Å². The number of aromatic hydroxyl groups is 1. The zero-order chi connectivity index (χ0) is 19.4. The van der Waals surface area contributed by atoms with Gasteiger partial charge in [-0.1, -0.05) is 40.2 Å². The number of hydrazone groups is 1. The number of para-hydroxylation sites is 1. The van der Waals surface area contributed by atoms with E-state index >= 15 is 0 Å². The van der Waals surface area contributed by atoms with Gasteiger partial charge in [0.15, 0.2) is 6.61 Å². The zero-order valence-electron chi connectivity index (χ0n) is 14.4. The van der Waals surface area contributed by atoms with E-state index in [2.05, 4.69) is 42.4 Å². The highest BCUT2D eigenvalue weighted by Crippen LogP contribution is 2.34. The van der Waals surface area contributed by atoms with E-state index in [0.29, 0.717) is 17.0 Å². The number of phenolic OH excluding ortho intramolecular Hbond substituents is 1. The summed E-state index contributed by atoms with van der Waals surface area (Å²) in [6.45, 7) is 1.52. The molecule has 0 atom stereocenters. The lowest BCUT2D eigenvalue weighted by Crippen LogP contribution is -2.25. The Bertz CT molecular complexity index is 1030. The third-order valence-corrected chi connectivity index (χ3v) is 5.19. The molecule has 3 aromatic carbocycles. The highest BCUT2D eigenvalue weighted by atomic mass is 79.9. The van der Waals surface area contributed by atoms with Gasteiger partial charge < -0.3 is 9.84 Å². The predicted octanol–water partition coefficient (Wildman–Crippen LogP) is 4.99. The maximum absolute atomic E-state index is 12.0. The maximum atomic E-state index is 12.0. The number of carbonyl (C=O) groups is 1. The number of hydrogen-bond acceptors (Lipinski definition) is 4. The first kappa shape index (κ1) is 19.4. The number of benzene rings is 3. The Labute approximate surface area is 173 Å². The average molecular weight is 492 g/mol. The van der Waals surface area contributed by atoms with Crippen molar-refractivity contribution in [2.75, 3.05) is 6.61 Å². The maximum Gasteiger partial charge on any atom is 0.277 e. The summed E-state index contributed by atoms with van der Waals surface area (Å²) in [6, 6.07) is 16.5. The number of nitrogens with one attached hydrogen (secondary N) is 1. The Morgan fingerprint density at radius 3 is 2.70 bits per heavy atom. The highest BCUT2D eigenvalue weighted by molar-refractivity contribution is 9.11. The number of nitrogens with zero attached hydrogens (tertiary/aromatic N) is 1. The summed E-state index contributed by atoms with van der Waals surface area (Å²) < 4.78 is 7.39. The first-order valence-electron chi connectivity index (χ1n) is 8.08. The second-order valence-electron chi connectivity index (χ2n) is 5.78. The molecule has 0 aliphatic heterocycles. The van der Waals surface area contributed by atoms with Crippen molar-refractivity contribution in [1.29, 1.82) is 0 Å². The molecule has 5 nitrogen and oxygen atoms in total. The Morgan fingerprint density at radius 2 is 1.93 bits per heavy atom. The van der Waals surface area contributed by atoms with Gasteiger partial charge in [0.2, 0.25) is 0 Å². The fourth-order valence-electron chi connectivity index (χ4n) is 2.52. The number of rotatable bonds is 5. The van der Waals surface area contributed by atoms with Crippen LogP contribution in [0, 0.1) is 0 Å². The first-order valence-corrected chi connectivity index (χ1v) is 9.66. The standard InChI is InChI=1S/C20H16Br2N2O3/c1-12(15-4-2-3-5-17(15)25)23-24-19(26)11-27-18-9-6-13-10-14(21)7-8-16(13)20(18)22/h2-10,25H,11H2,1H3,(H,24,26). The molecule has 0 unspecified atom stereocenters. The lowest BCUT2D eigenvalue weighted by Gasteiger charge is -2.10. The molecule has 0 aliphatic carbocycles. The van der Waals surface area contributed by atoms with Gasteiger partial charge in [0.25, 0.3) is 5.91 Å². The van der Waals surface area contributed by atoms with Crippen LogP contribution in [0.2, 0.25) is 0 Å². The third kappa shape index (κ3) is 4.67. The van der Waals surface area contributed by atoms with Gasteiger partial charge in [-0.2, -0.15) is 5.10 Å². The van der Waals surface area contributed by atoms with E-state index in [1.165, 1.54) is 0 Å². The van der Waals surface area contributed by atoms with Crippen molar-refractivity contribution >= 4 is 54.3 Å². The minimum Gasteiger partial charge on any atom is -0.507 e. The van der Waals surface area contributed by atoms with Gasteiger partial charge in [-0.25, -0.2) is 5.43 Å². The second-order valence-corrected chi connectivity index (χ2v) is 7.49. The van der Waals surface area contributed by atoms with Crippen LogP contribution in [0.5, 0.6) is 11.5 Å². The molecule has 0 aliphatic rings. The van der Waals surface area contributed by atoms with E-state index in [1.54, 1.807) is 31.2 Å². The lowest BCUT2D eigenvalue weighted by atomic mass is 10.1. The van der Waals surface area contributed by atoms with Gasteiger partial charge in [-0.3, -0.25) is 4.79 Å². The molecular weight excluding hydrogens is 476 g/mol. The van der Waals surface area contributed by atoms with Gasteiger partial charge in [-0.15, -0.1) is 0 Å². The number of hydrogen-bond donors (Lipinski definition) is 2. The molecule has 0 fully saturated rings. The molecule has 27 heavy (non-hydrogen) atoms. The van der Waals surface area contributed by atoms with Crippen molar-refractivity contribution in [3.8, 4) is 11.5 Å². The van der Waals surface area contributed by atoms with Crippen molar-refractivity contribution in [2.45, 2.75) is 6.92 Å². The van der Waals surface area contributed by atoms with Gasteiger partial charge in [0, 0.05) is 10.0 Å². The minimum atomic E-state index is -0.396. The molecule has 0 aromatic heterocycles. The average Bonchev–Trinajstić information content (AvgIpc) is 2.66. The molecule has 0 radical (unpaired) electrons. The monoisotopic (exact) mass is 490 g/mol. The predicted molar refractivity (Wildman–Crippen MR) is 113 cm³/mol. The van der Waals surface area contributed by atoms with Gasteiger partial charge >= 0.3 is 0 Å². The summed E-state index contributed by atoms with van der Waals surface area (Å²) in [4.78, 5) is 12.0. The summed E-state index contributed by atoms with van der Waals surface area (Å²) in [5.41, 5.74) is 3.49. The van der Waals surface area contributed by atoms with Crippen LogP contribution < -0.4 is 10.2 Å². The third-order valence-electron chi connectivity index (χ3n) is 3.88. The fraction of sp³-hybridized carbons (Fsp3) is 0.100. The number of halogens is 2. The van der Waals surface area contributed by atoms with Crippen LogP contribution in [0.4, 0.5) is 0 Å². The lowest BCUT2D eigenvalue weighted by molar-refractivity contribution is -0.123. The number of carbonyl (C=O) groups excluding carboxylic acids is 1. The van der Waals surface area contributed by atoms with E-state index in [9.17, 15) is 9.90 Å². The van der Waals surface area contributed by atoms with Crippen LogP contribution in [0.3, 0.4) is 0 Å². The molecule has 7 heteroatoms. The van der Waals surface area contributed by atoms with E-state index in [-0.39, 0.29) is 12.4 Å². The van der Waals surface area contributed by atoms with Crippen LogP contribution in [0.15, 0.2) is 68.6 Å². The Kier molecular flexibility index (Phi) is 6.13. The number of amides is 1. The normalized spacial score (nSPS) is 11.4. The van der Waals surface area contributed by atoms with Crippen LogP contribution in [-0.2, 0) is 4.79 Å². The summed E-state index contributed by atoms with van der Waals surface area (Å²) >= 11 is 6.98. The highest BCUT2D eigenvalue weighted by Gasteiger charge is 2.10. The van der Waals surface area contributed by atoms with Crippen LogP contribution >= 0.6 is 31.9 Å². The molecule has 3 aromatic rings. The minimum absolute atomic E-state index is 0.107. The number of ether oxygens (including phenoxy) is 1. The second kappa shape index (κ2) is 8.54. The number of fused-ring (bicyclic) bond motifs is 1. The van der Waals surface area contributed by atoms with Crippen LogP contribution in [-0.4, -0.2) is 23.3 Å². The molecule has 3 rings (SSSR count). The van der Waals surface area contributed by atoms with E-state index in [1.807, 2.05) is 30.3 Å². The summed E-state index contributed by atoms with van der Waals surface area (Å²) in [6.07, 6.45) is 0. The topological polar surface area (TPSA) is 70.9 Å². The smallest absolute Gasteiger partial charge is 0.277 e. The zero-order valence-corrected chi connectivity index (χ0v) is 17.5. The van der Waals surface area contributed by atoms with Crippen LogP contribution in [0.1, 0.15) is 12.5 Å². The van der Waals surface area contributed by atoms with E-state index in [4.69, 9.17) is 4.74 Å². The fourth-order valence-corrected chi connectivity index (χ4v) is 3.50. The Balaban J connectivity index is 1.65. The molecule has 138 valence electrons. The molecule has 0 spiro atoms. The molecule has 0 saturated carbocycles. The molecule has 1 amide bonds. The van der Waals surface area contributed by atoms with E-state index in [0.717, 1.165) is 19.7 Å². The molecule has 2 N–H and O–H groups in total. The van der Waals surface area contributed by atoms with Crippen LogP contribution in [0.25, 0.3) is 10.8 Å². The molecule has 0 heterocycles.